The number of nitrogens with zero attached hydrogens (tertiary/aromatic N) is 3. The van der Waals surface area contributed by atoms with E-state index in [1.54, 1.807) is 13.8 Å². The van der Waals surface area contributed by atoms with Crippen molar-refractivity contribution < 1.29 is 9.59 Å². The number of anilines is 3. The standard InChI is InChI=1S/C29H32N4O2/c1-21(34)24-6-5-7-25(18-24)23-9-12-28(13-10-23)33-20-26-8-11-27(30-22(2)35)19-29(26)32(33)17-16-31-14-3-4-15-31/h5-13,18-19H,3-4,14-17,20H2,1-2H3,(H,30,35). The number of amides is 1. The van der Waals surface area contributed by atoms with Gasteiger partial charge in [-0.05, 0) is 79.9 Å². The molecule has 0 radical (unpaired) electrons. The largest absolute Gasteiger partial charge is 0.326 e. The number of ketones is 1. The van der Waals surface area contributed by atoms with Crippen LogP contribution < -0.4 is 15.3 Å². The van der Waals surface area contributed by atoms with Crippen LogP contribution in [0.4, 0.5) is 17.1 Å². The van der Waals surface area contributed by atoms with Gasteiger partial charge >= 0.3 is 0 Å². The van der Waals surface area contributed by atoms with E-state index in [1.807, 2.05) is 30.3 Å². The molecule has 1 amide bonds. The van der Waals surface area contributed by atoms with E-state index in [0.29, 0.717) is 0 Å². The van der Waals surface area contributed by atoms with Crippen molar-refractivity contribution in [1.82, 2.24) is 4.90 Å². The maximum Gasteiger partial charge on any atom is 0.221 e. The van der Waals surface area contributed by atoms with E-state index >= 15 is 0 Å². The number of rotatable bonds is 7. The molecule has 3 aromatic carbocycles. The number of Topliss-reactive ketones (excluding diaryl/α,β-unsaturated/α-hetero) is 1. The van der Waals surface area contributed by atoms with E-state index in [1.165, 1.54) is 31.5 Å². The number of hydrogen-bond donors (Lipinski definition) is 1. The van der Waals surface area contributed by atoms with Gasteiger partial charge in [0.1, 0.15) is 0 Å². The first-order valence-corrected chi connectivity index (χ1v) is 12.4. The summed E-state index contributed by atoms with van der Waals surface area (Å²) in [6.07, 6.45) is 2.55. The van der Waals surface area contributed by atoms with Crippen LogP contribution in [0.5, 0.6) is 0 Å². The molecule has 1 fully saturated rings. The van der Waals surface area contributed by atoms with E-state index in [2.05, 4.69) is 56.6 Å². The predicted octanol–water partition coefficient (Wildman–Crippen LogP) is 5.35. The Labute approximate surface area is 207 Å². The van der Waals surface area contributed by atoms with Gasteiger partial charge in [-0.15, -0.1) is 0 Å². The van der Waals surface area contributed by atoms with Crippen molar-refractivity contribution in [3.05, 3.63) is 77.9 Å². The predicted molar refractivity (Wildman–Crippen MR) is 142 cm³/mol. The zero-order valence-corrected chi connectivity index (χ0v) is 20.5. The molecule has 180 valence electrons. The lowest BCUT2D eigenvalue weighted by Gasteiger charge is -2.33. The van der Waals surface area contributed by atoms with Crippen LogP contribution in [-0.2, 0) is 11.3 Å². The maximum absolute atomic E-state index is 11.8. The summed E-state index contributed by atoms with van der Waals surface area (Å²) < 4.78 is 0. The topological polar surface area (TPSA) is 55.9 Å². The lowest BCUT2D eigenvalue weighted by atomic mass is 10.0. The number of fused-ring (bicyclic) bond motifs is 1. The van der Waals surface area contributed by atoms with Gasteiger partial charge < -0.3 is 10.2 Å². The van der Waals surface area contributed by atoms with Crippen LogP contribution in [-0.4, -0.2) is 42.8 Å². The molecule has 0 aromatic heterocycles. The molecule has 1 N–H and O–H groups in total. The van der Waals surface area contributed by atoms with Crippen molar-refractivity contribution in [2.75, 3.05) is 41.5 Å². The summed E-state index contributed by atoms with van der Waals surface area (Å²) in [6.45, 7) is 8.16. The quantitative estimate of drug-likeness (QED) is 0.474. The number of benzene rings is 3. The Bertz CT molecular complexity index is 1230. The van der Waals surface area contributed by atoms with Gasteiger partial charge in [-0.1, -0.05) is 36.4 Å². The number of carbonyl (C=O) groups is 2. The van der Waals surface area contributed by atoms with Gasteiger partial charge in [0.05, 0.1) is 24.5 Å². The Morgan fingerprint density at radius 3 is 2.34 bits per heavy atom. The molecule has 0 saturated carbocycles. The number of hydrogen-bond acceptors (Lipinski definition) is 5. The highest BCUT2D eigenvalue weighted by Gasteiger charge is 2.28. The number of carbonyl (C=O) groups excluding carboxylic acids is 2. The van der Waals surface area contributed by atoms with Crippen molar-refractivity contribution in [3.63, 3.8) is 0 Å². The molecule has 5 rings (SSSR count). The zero-order chi connectivity index (χ0) is 24.4. The molecular weight excluding hydrogens is 436 g/mol. The Morgan fingerprint density at radius 1 is 0.857 bits per heavy atom. The van der Waals surface area contributed by atoms with Crippen molar-refractivity contribution in [2.45, 2.75) is 33.2 Å². The number of hydrazine groups is 1. The van der Waals surface area contributed by atoms with Crippen LogP contribution >= 0.6 is 0 Å². The smallest absolute Gasteiger partial charge is 0.221 e. The fourth-order valence-corrected chi connectivity index (χ4v) is 5.05. The number of nitrogens with one attached hydrogen (secondary N) is 1. The van der Waals surface area contributed by atoms with Gasteiger partial charge in [-0.3, -0.25) is 19.6 Å². The molecule has 0 aliphatic carbocycles. The number of likely N-dealkylation sites (tertiary alicyclic amines) is 1. The van der Waals surface area contributed by atoms with Gasteiger partial charge in [0, 0.05) is 24.7 Å². The third-order valence-electron chi connectivity index (χ3n) is 6.89. The van der Waals surface area contributed by atoms with Crippen LogP contribution in [0, 0.1) is 0 Å². The van der Waals surface area contributed by atoms with Crippen molar-refractivity contribution in [2.24, 2.45) is 0 Å². The second kappa shape index (κ2) is 9.92. The normalized spacial score (nSPS) is 15.4. The average molecular weight is 469 g/mol. The molecule has 3 aromatic rings. The monoisotopic (exact) mass is 468 g/mol. The highest BCUT2D eigenvalue weighted by molar-refractivity contribution is 5.95. The van der Waals surface area contributed by atoms with Gasteiger partial charge in [-0.2, -0.15) is 0 Å². The summed E-state index contributed by atoms with van der Waals surface area (Å²) in [4.78, 5) is 26.0. The van der Waals surface area contributed by atoms with Crippen molar-refractivity contribution >= 4 is 28.8 Å². The summed E-state index contributed by atoms with van der Waals surface area (Å²) in [5.74, 6) is 0.0124. The zero-order valence-electron chi connectivity index (χ0n) is 20.5. The molecule has 6 heteroatoms. The van der Waals surface area contributed by atoms with E-state index in [4.69, 9.17) is 0 Å². The van der Waals surface area contributed by atoms with E-state index in [9.17, 15) is 9.59 Å². The van der Waals surface area contributed by atoms with Crippen LogP contribution in [0.25, 0.3) is 11.1 Å². The molecule has 2 aliphatic heterocycles. The summed E-state index contributed by atoms with van der Waals surface area (Å²) in [6, 6.07) is 22.5. The molecule has 1 saturated heterocycles. The lowest BCUT2D eigenvalue weighted by molar-refractivity contribution is -0.114. The summed E-state index contributed by atoms with van der Waals surface area (Å²) in [7, 11) is 0. The fourth-order valence-electron chi connectivity index (χ4n) is 5.05. The lowest BCUT2D eigenvalue weighted by Crippen LogP contribution is -2.42. The molecule has 0 unspecified atom stereocenters. The Balaban J connectivity index is 1.42. The fraction of sp³-hybridized carbons (Fsp3) is 0.310. The highest BCUT2D eigenvalue weighted by Crippen LogP contribution is 2.37. The maximum atomic E-state index is 11.8. The molecule has 2 aliphatic rings. The third kappa shape index (κ3) is 5.08. The summed E-state index contributed by atoms with van der Waals surface area (Å²) in [5.41, 5.74) is 7.20. The SMILES string of the molecule is CC(=O)Nc1ccc2c(c1)N(CCN1CCCC1)N(c1ccc(-c3cccc(C(C)=O)c3)cc1)C2. The van der Waals surface area contributed by atoms with Crippen LogP contribution in [0.1, 0.15) is 42.6 Å². The van der Waals surface area contributed by atoms with Gasteiger partial charge in [0.25, 0.3) is 0 Å². The van der Waals surface area contributed by atoms with Crippen molar-refractivity contribution in [3.8, 4) is 11.1 Å². The summed E-state index contributed by atoms with van der Waals surface area (Å²) in [5, 5.41) is 7.61. The van der Waals surface area contributed by atoms with Gasteiger partial charge in [0.15, 0.2) is 5.78 Å². The first kappa shape index (κ1) is 23.1. The second-order valence-electron chi connectivity index (χ2n) is 9.44. The Kier molecular flexibility index (Phi) is 6.55. The Hall–Kier alpha value is -3.64. The highest BCUT2D eigenvalue weighted by atomic mass is 16.1. The first-order valence-electron chi connectivity index (χ1n) is 12.4. The minimum absolute atomic E-state index is 0.0622. The van der Waals surface area contributed by atoms with E-state index in [0.717, 1.165) is 53.4 Å². The minimum Gasteiger partial charge on any atom is -0.326 e. The van der Waals surface area contributed by atoms with Gasteiger partial charge in [0.2, 0.25) is 5.91 Å². The summed E-state index contributed by atoms with van der Waals surface area (Å²) >= 11 is 0. The van der Waals surface area contributed by atoms with Crippen molar-refractivity contribution in [1.29, 1.82) is 0 Å². The van der Waals surface area contributed by atoms with Crippen LogP contribution in [0.15, 0.2) is 66.7 Å². The molecule has 0 bridgehead atoms. The first-order chi connectivity index (χ1) is 17.0. The molecule has 0 atom stereocenters. The molecule has 35 heavy (non-hydrogen) atoms. The van der Waals surface area contributed by atoms with E-state index < -0.39 is 0 Å². The molecular formula is C29H32N4O2. The molecule has 6 nitrogen and oxygen atoms in total. The Morgan fingerprint density at radius 2 is 1.63 bits per heavy atom. The van der Waals surface area contributed by atoms with E-state index in [-0.39, 0.29) is 11.7 Å². The van der Waals surface area contributed by atoms with Gasteiger partial charge in [-0.25, -0.2) is 0 Å². The van der Waals surface area contributed by atoms with Crippen LogP contribution in [0.3, 0.4) is 0 Å². The molecule has 0 spiro atoms. The third-order valence-corrected chi connectivity index (χ3v) is 6.89. The second-order valence-corrected chi connectivity index (χ2v) is 9.44. The average Bonchev–Trinajstić information content (AvgIpc) is 3.50. The minimum atomic E-state index is -0.0622. The molecule has 2 heterocycles. The van der Waals surface area contributed by atoms with Crippen LogP contribution in [0.2, 0.25) is 0 Å².